The average molecular weight is 271 g/mol. The number of nitrogens with zero attached hydrogens (tertiary/aromatic N) is 1. The third-order valence-corrected chi connectivity index (χ3v) is 4.21. The highest BCUT2D eigenvalue weighted by atomic mass is 16.5. The van der Waals surface area contributed by atoms with E-state index >= 15 is 0 Å². The highest BCUT2D eigenvalue weighted by Crippen LogP contribution is 2.24. The third-order valence-electron chi connectivity index (χ3n) is 4.21. The number of esters is 1. The molecule has 0 aromatic rings. The Balaban J connectivity index is 1.90. The minimum atomic E-state index is -0.237. The van der Waals surface area contributed by atoms with Gasteiger partial charge in [-0.1, -0.05) is 19.3 Å². The summed E-state index contributed by atoms with van der Waals surface area (Å²) in [4.78, 5) is 13.6. The van der Waals surface area contributed by atoms with Gasteiger partial charge in [0.25, 0.3) is 0 Å². The summed E-state index contributed by atoms with van der Waals surface area (Å²) in [5.74, 6) is -0.228. The lowest BCUT2D eigenvalue weighted by molar-refractivity contribution is -0.146. The Morgan fingerprint density at radius 3 is 2.95 bits per heavy atom. The molecule has 0 bridgehead atoms. The molecule has 1 aliphatic heterocycles. The number of aliphatic hydroxyl groups is 1. The quantitative estimate of drug-likeness (QED) is 0.611. The summed E-state index contributed by atoms with van der Waals surface area (Å²) in [6, 6.07) is 0.228. The number of hydrogen-bond donors (Lipinski definition) is 1. The van der Waals surface area contributed by atoms with E-state index in [-0.39, 0.29) is 24.2 Å². The second-order valence-electron chi connectivity index (χ2n) is 5.54. The minimum Gasteiger partial charge on any atom is -0.469 e. The van der Waals surface area contributed by atoms with Crippen LogP contribution < -0.4 is 0 Å². The highest BCUT2D eigenvalue weighted by Gasteiger charge is 2.32. The van der Waals surface area contributed by atoms with Crippen molar-refractivity contribution >= 4 is 5.97 Å². The van der Waals surface area contributed by atoms with Gasteiger partial charge < -0.3 is 14.6 Å². The smallest absolute Gasteiger partial charge is 0.308 e. The van der Waals surface area contributed by atoms with E-state index in [0.717, 1.165) is 32.4 Å². The molecular formula is C14H25NO4. The fourth-order valence-electron chi connectivity index (χ4n) is 3.13. The van der Waals surface area contributed by atoms with Crippen molar-refractivity contribution in [3.8, 4) is 0 Å². The predicted octanol–water partition coefficient (Wildman–Crippen LogP) is 0.944. The molecule has 2 fully saturated rings. The maximum atomic E-state index is 11.3. The van der Waals surface area contributed by atoms with Gasteiger partial charge in [0, 0.05) is 19.1 Å². The minimum absolute atomic E-state index is 0.100. The van der Waals surface area contributed by atoms with Gasteiger partial charge in [0.15, 0.2) is 0 Å². The summed E-state index contributed by atoms with van der Waals surface area (Å²) < 4.78 is 10.3. The molecule has 1 heterocycles. The van der Waals surface area contributed by atoms with Crippen molar-refractivity contribution in [1.29, 1.82) is 0 Å². The van der Waals surface area contributed by atoms with Crippen molar-refractivity contribution in [2.45, 2.75) is 56.8 Å². The van der Waals surface area contributed by atoms with Crippen LogP contribution in [-0.4, -0.2) is 61.0 Å². The number of morpholine rings is 1. The van der Waals surface area contributed by atoms with Gasteiger partial charge in [-0.05, 0) is 12.8 Å². The maximum Gasteiger partial charge on any atom is 0.308 e. The Labute approximate surface area is 114 Å². The van der Waals surface area contributed by atoms with Crippen LogP contribution in [0.4, 0.5) is 0 Å². The SMILES string of the molecule is COC(=O)CC1CN(C2CCCCCC2O)CCO1. The van der Waals surface area contributed by atoms with Crippen LogP contribution in [0.5, 0.6) is 0 Å². The zero-order chi connectivity index (χ0) is 13.7. The zero-order valence-corrected chi connectivity index (χ0v) is 11.7. The molecule has 3 unspecified atom stereocenters. The first-order valence-corrected chi connectivity index (χ1v) is 7.31. The largest absolute Gasteiger partial charge is 0.469 e. The van der Waals surface area contributed by atoms with Crippen molar-refractivity contribution in [2.75, 3.05) is 26.8 Å². The van der Waals surface area contributed by atoms with E-state index in [9.17, 15) is 9.90 Å². The van der Waals surface area contributed by atoms with Crippen molar-refractivity contribution in [3.05, 3.63) is 0 Å². The van der Waals surface area contributed by atoms with Gasteiger partial charge in [-0.2, -0.15) is 0 Å². The van der Waals surface area contributed by atoms with Gasteiger partial charge in [-0.25, -0.2) is 0 Å². The molecule has 19 heavy (non-hydrogen) atoms. The molecule has 5 heteroatoms. The van der Waals surface area contributed by atoms with Crippen molar-refractivity contribution in [2.24, 2.45) is 0 Å². The molecule has 0 amide bonds. The van der Waals surface area contributed by atoms with E-state index in [1.54, 1.807) is 0 Å². The Morgan fingerprint density at radius 2 is 2.16 bits per heavy atom. The van der Waals surface area contributed by atoms with Gasteiger partial charge in [0.2, 0.25) is 0 Å². The van der Waals surface area contributed by atoms with E-state index in [4.69, 9.17) is 4.74 Å². The van der Waals surface area contributed by atoms with E-state index in [0.29, 0.717) is 13.0 Å². The summed E-state index contributed by atoms with van der Waals surface area (Å²) in [5.41, 5.74) is 0. The van der Waals surface area contributed by atoms with Gasteiger partial charge >= 0.3 is 5.97 Å². The Kier molecular flexibility index (Phi) is 5.60. The number of carbonyl (C=O) groups excluding carboxylic acids is 1. The lowest BCUT2D eigenvalue weighted by atomic mass is 10.0. The Bertz CT molecular complexity index is 297. The summed E-state index contributed by atoms with van der Waals surface area (Å²) in [6.45, 7) is 2.20. The first-order valence-electron chi connectivity index (χ1n) is 7.31. The van der Waals surface area contributed by atoms with Crippen LogP contribution in [0.1, 0.15) is 38.5 Å². The molecule has 1 aliphatic carbocycles. The molecule has 2 rings (SSSR count). The molecule has 1 saturated carbocycles. The third kappa shape index (κ3) is 4.16. The van der Waals surface area contributed by atoms with E-state index in [1.807, 2.05) is 0 Å². The first kappa shape index (κ1) is 14.8. The van der Waals surface area contributed by atoms with Gasteiger partial charge in [0.1, 0.15) is 0 Å². The molecule has 0 aromatic carbocycles. The Morgan fingerprint density at radius 1 is 1.37 bits per heavy atom. The molecule has 2 aliphatic rings. The number of hydrogen-bond acceptors (Lipinski definition) is 5. The lowest BCUT2D eigenvalue weighted by Gasteiger charge is -2.39. The molecule has 110 valence electrons. The van der Waals surface area contributed by atoms with Crippen LogP contribution in [0.25, 0.3) is 0 Å². The zero-order valence-electron chi connectivity index (χ0n) is 11.7. The summed E-state index contributed by atoms with van der Waals surface area (Å²) in [6.07, 6.45) is 5.42. The van der Waals surface area contributed by atoms with Crippen molar-refractivity contribution in [3.63, 3.8) is 0 Å². The van der Waals surface area contributed by atoms with E-state index in [1.165, 1.54) is 20.0 Å². The van der Waals surface area contributed by atoms with E-state index in [2.05, 4.69) is 9.64 Å². The van der Waals surface area contributed by atoms with Crippen LogP contribution >= 0.6 is 0 Å². The molecule has 0 spiro atoms. The second kappa shape index (κ2) is 7.22. The predicted molar refractivity (Wildman–Crippen MR) is 70.8 cm³/mol. The van der Waals surface area contributed by atoms with Crippen LogP contribution in [0.15, 0.2) is 0 Å². The second-order valence-corrected chi connectivity index (χ2v) is 5.54. The molecule has 1 saturated heterocycles. The molecule has 0 radical (unpaired) electrons. The number of methoxy groups -OCH3 is 1. The monoisotopic (exact) mass is 271 g/mol. The Hall–Kier alpha value is -0.650. The summed E-state index contributed by atoms with van der Waals surface area (Å²) in [5, 5.41) is 10.2. The fourth-order valence-corrected chi connectivity index (χ4v) is 3.13. The highest BCUT2D eigenvalue weighted by molar-refractivity contribution is 5.69. The van der Waals surface area contributed by atoms with Crippen LogP contribution in [0.2, 0.25) is 0 Å². The van der Waals surface area contributed by atoms with Crippen LogP contribution in [-0.2, 0) is 14.3 Å². The first-order chi connectivity index (χ1) is 9.20. The number of aliphatic hydroxyl groups excluding tert-OH is 1. The average Bonchev–Trinajstić information content (AvgIpc) is 2.63. The molecule has 1 N–H and O–H groups in total. The summed E-state index contributed by atoms with van der Waals surface area (Å²) >= 11 is 0. The summed E-state index contributed by atoms with van der Waals surface area (Å²) in [7, 11) is 1.40. The van der Waals surface area contributed by atoms with Crippen molar-refractivity contribution < 1.29 is 19.4 Å². The van der Waals surface area contributed by atoms with Crippen LogP contribution in [0, 0.1) is 0 Å². The molecule has 3 atom stereocenters. The normalized spacial score (nSPS) is 33.7. The van der Waals surface area contributed by atoms with Gasteiger partial charge in [-0.15, -0.1) is 0 Å². The number of ether oxygens (including phenoxy) is 2. The number of rotatable bonds is 3. The van der Waals surface area contributed by atoms with Crippen molar-refractivity contribution in [1.82, 2.24) is 4.90 Å². The standard InChI is InChI=1S/C14H25NO4/c1-18-14(17)9-11-10-15(7-8-19-11)12-5-3-2-4-6-13(12)16/h11-13,16H,2-10H2,1H3. The lowest BCUT2D eigenvalue weighted by Crippen LogP contribution is -2.52. The van der Waals surface area contributed by atoms with Gasteiger partial charge in [0.05, 0.1) is 32.3 Å². The molecular weight excluding hydrogens is 246 g/mol. The molecule has 0 aromatic heterocycles. The van der Waals surface area contributed by atoms with Crippen LogP contribution in [0.3, 0.4) is 0 Å². The number of carbonyl (C=O) groups is 1. The molecule has 5 nitrogen and oxygen atoms in total. The van der Waals surface area contributed by atoms with E-state index < -0.39 is 0 Å². The fraction of sp³-hybridized carbons (Fsp3) is 0.929. The topological polar surface area (TPSA) is 59.0 Å². The van der Waals surface area contributed by atoms with Gasteiger partial charge in [-0.3, -0.25) is 9.69 Å². The maximum absolute atomic E-state index is 11.3.